The molecule has 2 atom stereocenters. The first-order chi connectivity index (χ1) is 8.65. The second-order valence-electron chi connectivity index (χ2n) is 5.86. The number of hydrogen-bond acceptors (Lipinski definition) is 3. The summed E-state index contributed by atoms with van der Waals surface area (Å²) in [6, 6.07) is -0.153. The van der Waals surface area contributed by atoms with Crippen LogP contribution in [0.5, 0.6) is 0 Å². The van der Waals surface area contributed by atoms with E-state index in [1.807, 2.05) is 6.92 Å². The van der Waals surface area contributed by atoms with Crippen LogP contribution in [0, 0.1) is 5.41 Å². The lowest BCUT2D eigenvalue weighted by Crippen LogP contribution is -2.69. The highest BCUT2D eigenvalue weighted by molar-refractivity contribution is 5.75. The molecule has 0 spiro atoms. The number of methoxy groups -OCH3 is 1. The highest BCUT2D eigenvalue weighted by Gasteiger charge is 2.59. The maximum absolute atomic E-state index is 11.9. The Bertz CT molecular complexity index is 370. The van der Waals surface area contributed by atoms with Gasteiger partial charge in [0.15, 0.2) is 0 Å². The molecule has 0 bridgehead atoms. The summed E-state index contributed by atoms with van der Waals surface area (Å²) < 4.78 is 5.53. The highest BCUT2D eigenvalue weighted by Crippen LogP contribution is 2.53. The predicted octanol–water partition coefficient (Wildman–Crippen LogP) is 1.31. The van der Waals surface area contributed by atoms with E-state index in [1.165, 1.54) is 0 Å². The average Bonchev–Trinajstić information content (AvgIpc) is 2.33. The zero-order valence-corrected chi connectivity index (χ0v) is 12.3. The Morgan fingerprint density at radius 3 is 2.42 bits per heavy atom. The van der Waals surface area contributed by atoms with E-state index in [9.17, 15) is 9.59 Å². The molecule has 2 unspecified atom stereocenters. The number of carboxylic acid groups (broad SMARTS) is 1. The van der Waals surface area contributed by atoms with Crippen molar-refractivity contribution in [3.05, 3.63) is 0 Å². The van der Waals surface area contributed by atoms with Crippen LogP contribution in [0.1, 0.15) is 33.6 Å². The third-order valence-corrected chi connectivity index (χ3v) is 4.63. The minimum Gasteiger partial charge on any atom is -0.481 e. The quantitative estimate of drug-likeness (QED) is 0.791. The number of ether oxygens (including phenoxy) is 1. The van der Waals surface area contributed by atoms with Crippen LogP contribution in [0.15, 0.2) is 0 Å². The number of carbonyl (C=O) groups is 2. The molecule has 0 radical (unpaired) electrons. The topological polar surface area (TPSA) is 78.9 Å². The first-order valence-corrected chi connectivity index (χ1v) is 6.43. The van der Waals surface area contributed by atoms with Gasteiger partial charge in [0.05, 0.1) is 12.0 Å². The molecule has 1 aliphatic rings. The molecule has 1 rings (SSSR count). The van der Waals surface area contributed by atoms with Gasteiger partial charge in [-0.2, -0.15) is 0 Å². The lowest BCUT2D eigenvalue weighted by molar-refractivity contribution is -0.198. The fourth-order valence-corrected chi connectivity index (χ4v) is 2.62. The molecule has 2 amide bonds. The van der Waals surface area contributed by atoms with Crippen LogP contribution in [0.25, 0.3) is 0 Å². The Morgan fingerprint density at radius 1 is 1.42 bits per heavy atom. The van der Waals surface area contributed by atoms with Crippen LogP contribution >= 0.6 is 0 Å². The highest BCUT2D eigenvalue weighted by atomic mass is 16.5. The van der Waals surface area contributed by atoms with Gasteiger partial charge in [-0.05, 0) is 13.3 Å². The summed E-state index contributed by atoms with van der Waals surface area (Å²) in [5.74, 6) is -0.918. The number of carboxylic acids is 1. The van der Waals surface area contributed by atoms with E-state index in [1.54, 1.807) is 19.1 Å². The molecule has 0 aromatic rings. The van der Waals surface area contributed by atoms with Crippen LogP contribution in [-0.2, 0) is 9.53 Å². The number of aliphatic carboxylic acids is 1. The van der Waals surface area contributed by atoms with Gasteiger partial charge < -0.3 is 20.1 Å². The lowest BCUT2D eigenvalue weighted by atomic mass is 9.55. The van der Waals surface area contributed by atoms with Crippen molar-refractivity contribution < 1.29 is 19.4 Å². The number of hydrogen-bond donors (Lipinski definition) is 2. The first kappa shape index (κ1) is 15.8. The molecule has 6 heteroatoms. The molecule has 6 nitrogen and oxygen atoms in total. The van der Waals surface area contributed by atoms with Gasteiger partial charge in [-0.1, -0.05) is 13.8 Å². The van der Waals surface area contributed by atoms with Crippen molar-refractivity contribution in [3.63, 3.8) is 0 Å². The molecule has 1 fully saturated rings. The summed E-state index contributed by atoms with van der Waals surface area (Å²) in [6.07, 6.45) is 0.711. The molecule has 0 aliphatic heterocycles. The maximum Gasteiger partial charge on any atom is 0.317 e. The minimum atomic E-state index is -0.918. The summed E-state index contributed by atoms with van der Waals surface area (Å²) >= 11 is 0. The molecule has 19 heavy (non-hydrogen) atoms. The van der Waals surface area contributed by atoms with Gasteiger partial charge >= 0.3 is 12.0 Å². The first-order valence-electron chi connectivity index (χ1n) is 6.43. The number of carbonyl (C=O) groups excluding carboxylic acids is 1. The second-order valence-corrected chi connectivity index (χ2v) is 5.86. The van der Waals surface area contributed by atoms with E-state index in [2.05, 4.69) is 19.2 Å². The Balaban J connectivity index is 2.53. The average molecular weight is 272 g/mol. The van der Waals surface area contributed by atoms with Gasteiger partial charge in [-0.25, -0.2) is 4.79 Å². The van der Waals surface area contributed by atoms with Crippen molar-refractivity contribution in [3.8, 4) is 0 Å². The van der Waals surface area contributed by atoms with E-state index in [4.69, 9.17) is 9.84 Å². The number of urea groups is 1. The van der Waals surface area contributed by atoms with Crippen molar-refractivity contribution in [2.45, 2.75) is 45.3 Å². The van der Waals surface area contributed by atoms with Crippen LogP contribution in [0.3, 0.4) is 0 Å². The summed E-state index contributed by atoms with van der Waals surface area (Å²) in [5, 5.41) is 11.1. The van der Waals surface area contributed by atoms with Gasteiger partial charge in [0.2, 0.25) is 0 Å². The van der Waals surface area contributed by atoms with Crippen LogP contribution < -0.4 is 5.32 Å². The molecular formula is C13H24N2O4. The summed E-state index contributed by atoms with van der Waals surface area (Å²) in [7, 11) is 3.42. The molecule has 0 aromatic heterocycles. The van der Waals surface area contributed by atoms with Crippen molar-refractivity contribution in [1.29, 1.82) is 0 Å². The molecule has 1 aliphatic carbocycles. The van der Waals surface area contributed by atoms with Crippen molar-refractivity contribution in [2.24, 2.45) is 5.41 Å². The molecule has 1 saturated carbocycles. The van der Waals surface area contributed by atoms with Crippen LogP contribution in [0.2, 0.25) is 0 Å². The zero-order valence-electron chi connectivity index (χ0n) is 12.3. The monoisotopic (exact) mass is 272 g/mol. The van der Waals surface area contributed by atoms with Gasteiger partial charge in [0.1, 0.15) is 0 Å². The van der Waals surface area contributed by atoms with Gasteiger partial charge in [0, 0.05) is 32.2 Å². The Labute approximate surface area is 114 Å². The van der Waals surface area contributed by atoms with E-state index < -0.39 is 5.97 Å². The second kappa shape index (κ2) is 5.36. The lowest BCUT2D eigenvalue weighted by Gasteiger charge is -2.61. The number of nitrogens with zero attached hydrogens (tertiary/aromatic N) is 1. The third-order valence-electron chi connectivity index (χ3n) is 4.63. The zero-order chi connectivity index (χ0) is 14.8. The van der Waals surface area contributed by atoms with Crippen molar-refractivity contribution in [1.82, 2.24) is 10.2 Å². The third kappa shape index (κ3) is 2.83. The molecule has 0 heterocycles. The van der Waals surface area contributed by atoms with Crippen LogP contribution in [-0.4, -0.2) is 54.4 Å². The fraction of sp³-hybridized carbons (Fsp3) is 0.846. The molecular weight excluding hydrogens is 248 g/mol. The van der Waals surface area contributed by atoms with Gasteiger partial charge in [-0.3, -0.25) is 4.79 Å². The van der Waals surface area contributed by atoms with Crippen LogP contribution in [0.4, 0.5) is 4.79 Å². The normalized spacial score (nSPS) is 28.4. The fourth-order valence-electron chi connectivity index (χ4n) is 2.62. The number of nitrogens with one attached hydrogen (secondary N) is 1. The molecule has 2 N–H and O–H groups in total. The van der Waals surface area contributed by atoms with Gasteiger partial charge in [0.25, 0.3) is 0 Å². The van der Waals surface area contributed by atoms with E-state index in [0.717, 1.165) is 6.42 Å². The number of rotatable bonds is 5. The van der Waals surface area contributed by atoms with Crippen molar-refractivity contribution in [2.75, 3.05) is 20.7 Å². The van der Waals surface area contributed by atoms with Gasteiger partial charge in [-0.15, -0.1) is 0 Å². The maximum atomic E-state index is 11.9. The SMILES string of the molecule is COC1(C)CC(N(C)C(=O)NCCC(=O)O)C1(C)C. The predicted molar refractivity (Wildman–Crippen MR) is 71.0 cm³/mol. The van der Waals surface area contributed by atoms with E-state index in [-0.39, 0.29) is 36.1 Å². The smallest absolute Gasteiger partial charge is 0.317 e. The standard InChI is InChI=1S/C13H24N2O4/c1-12(2)9(8-13(12,3)19-5)15(4)11(18)14-7-6-10(16)17/h9H,6-8H2,1-5H3,(H,14,18)(H,16,17). The van der Waals surface area contributed by atoms with Crippen molar-refractivity contribution >= 4 is 12.0 Å². The summed E-state index contributed by atoms with van der Waals surface area (Å²) in [6.45, 7) is 6.34. The Kier molecular flexibility index (Phi) is 4.45. The molecule has 0 saturated heterocycles. The largest absolute Gasteiger partial charge is 0.481 e. The molecule has 0 aromatic carbocycles. The summed E-state index contributed by atoms with van der Waals surface area (Å²) in [5.41, 5.74) is -0.367. The Hall–Kier alpha value is -1.30. The summed E-state index contributed by atoms with van der Waals surface area (Å²) in [4.78, 5) is 24.0. The number of amides is 2. The Morgan fingerprint density at radius 2 is 2.00 bits per heavy atom. The minimum absolute atomic E-state index is 0.0660. The molecule has 110 valence electrons. The van der Waals surface area contributed by atoms with E-state index >= 15 is 0 Å². The van der Waals surface area contributed by atoms with E-state index in [0.29, 0.717) is 0 Å².